The first kappa shape index (κ1) is 32.7. The van der Waals surface area contributed by atoms with E-state index in [2.05, 4.69) is 46.8 Å². The van der Waals surface area contributed by atoms with E-state index in [0.29, 0.717) is 18.9 Å². The molecule has 0 saturated heterocycles. The number of aliphatic hydroxyl groups is 2. The maximum Gasteiger partial charge on any atom is 1.00 e. The van der Waals surface area contributed by atoms with Crippen LogP contribution in [0.1, 0.15) is 80.3 Å². The van der Waals surface area contributed by atoms with Crippen molar-refractivity contribution < 1.29 is 71.2 Å². The van der Waals surface area contributed by atoms with Gasteiger partial charge in [0, 0.05) is 29.7 Å². The minimum absolute atomic E-state index is 0. The standard InChI is InChI=1S/C34H39N5O5.K/c1-2-5-29-28(20-22-8-10-23(11-9-22)26-6-3-4-7-27(26)31-36-33(41)44-37-31)32(40)38(30-16-19-35-39(29)30)24-12-14-25(15-13-24)43-21-34(42)17-18-34;/h3-4,6-11,16,19,24-25,33,41-42H,2,5,12-15,17-18,20-21H2,1H3,(H,36,37);/q;+1. The summed E-state index contributed by atoms with van der Waals surface area (Å²) in [6.45, 7) is 2.54. The van der Waals surface area contributed by atoms with Crippen molar-refractivity contribution in [1.82, 2.24) is 19.7 Å². The van der Waals surface area contributed by atoms with E-state index in [1.54, 1.807) is 6.20 Å². The molecule has 4 aromatic rings. The zero-order chi connectivity index (χ0) is 30.3. The molecule has 2 fully saturated rings. The van der Waals surface area contributed by atoms with E-state index >= 15 is 0 Å². The number of aryl methyl sites for hydroxylation is 1. The van der Waals surface area contributed by atoms with Gasteiger partial charge in [0.25, 0.3) is 12.0 Å². The molecular formula is C34H39KN5O5+. The molecule has 7 rings (SSSR count). The number of hydroxylamine groups is 1. The summed E-state index contributed by atoms with van der Waals surface area (Å²) >= 11 is 0. The van der Waals surface area contributed by atoms with E-state index in [0.717, 1.165) is 90.5 Å². The van der Waals surface area contributed by atoms with E-state index in [1.165, 1.54) is 0 Å². The summed E-state index contributed by atoms with van der Waals surface area (Å²) in [5, 5.41) is 24.5. The van der Waals surface area contributed by atoms with Crippen LogP contribution in [0, 0.1) is 0 Å². The number of nitrogens with zero attached hydrogens (tertiary/aromatic N) is 4. The fraction of sp³-hybridized carbons (Fsp3) is 0.441. The fourth-order valence-electron chi connectivity index (χ4n) is 6.59. The van der Waals surface area contributed by atoms with Crippen molar-refractivity contribution in [1.29, 1.82) is 0 Å². The van der Waals surface area contributed by atoms with Crippen molar-refractivity contribution in [2.75, 3.05) is 6.61 Å². The average Bonchev–Trinajstić information content (AvgIpc) is 3.37. The second-order valence-corrected chi connectivity index (χ2v) is 12.4. The van der Waals surface area contributed by atoms with Crippen molar-refractivity contribution in [3.8, 4) is 11.1 Å². The molecule has 11 heteroatoms. The maximum absolute atomic E-state index is 14.3. The Kier molecular flexibility index (Phi) is 10.1. The molecule has 2 aromatic carbocycles. The molecule has 3 heterocycles. The average molecular weight is 637 g/mol. The van der Waals surface area contributed by atoms with Gasteiger partial charge in [-0.3, -0.25) is 9.36 Å². The molecule has 3 N–H and O–H groups in total. The van der Waals surface area contributed by atoms with E-state index in [4.69, 9.17) is 9.57 Å². The third kappa shape index (κ3) is 6.92. The van der Waals surface area contributed by atoms with E-state index in [-0.39, 0.29) is 69.1 Å². The zero-order valence-corrected chi connectivity index (χ0v) is 29.1. The van der Waals surface area contributed by atoms with Crippen molar-refractivity contribution in [2.24, 2.45) is 4.99 Å². The number of nitrogens with one attached hydrogen (secondary N) is 1. The van der Waals surface area contributed by atoms with Crippen LogP contribution in [-0.4, -0.2) is 55.0 Å². The quantitative estimate of drug-likeness (QED) is 0.224. The molecule has 10 nitrogen and oxygen atoms in total. The van der Waals surface area contributed by atoms with E-state index in [9.17, 15) is 15.0 Å². The number of aromatic nitrogens is 3. The van der Waals surface area contributed by atoms with Gasteiger partial charge < -0.3 is 14.9 Å². The molecule has 45 heavy (non-hydrogen) atoms. The summed E-state index contributed by atoms with van der Waals surface area (Å²) in [7, 11) is 0. The molecule has 0 bridgehead atoms. The van der Waals surface area contributed by atoms with Gasteiger partial charge in [-0.1, -0.05) is 61.9 Å². The van der Waals surface area contributed by atoms with Crippen molar-refractivity contribution in [3.63, 3.8) is 0 Å². The molecule has 0 radical (unpaired) electrons. The monoisotopic (exact) mass is 636 g/mol. The first-order valence-corrected chi connectivity index (χ1v) is 15.7. The molecule has 2 saturated carbocycles. The minimum Gasteiger partial charge on any atom is -0.387 e. The van der Waals surface area contributed by atoms with Crippen molar-refractivity contribution >= 4 is 11.5 Å². The van der Waals surface area contributed by atoms with Gasteiger partial charge in [0.15, 0.2) is 5.84 Å². The number of ether oxygens (including phenoxy) is 1. The Morgan fingerprint density at radius 2 is 1.78 bits per heavy atom. The van der Waals surface area contributed by atoms with Crippen LogP contribution in [0.3, 0.4) is 0 Å². The number of fused-ring (bicyclic) bond motifs is 1. The Bertz CT molecular complexity index is 1740. The van der Waals surface area contributed by atoms with Crippen molar-refractivity contribution in [3.05, 3.63) is 93.5 Å². The summed E-state index contributed by atoms with van der Waals surface area (Å²) < 4.78 is 10.00. The predicted octanol–water partition coefficient (Wildman–Crippen LogP) is 1.29. The molecule has 1 unspecified atom stereocenters. The number of hydrogen-bond acceptors (Lipinski definition) is 8. The van der Waals surface area contributed by atoms with Gasteiger partial charge in [-0.05, 0) is 61.6 Å². The number of aliphatic hydroxyl groups excluding tert-OH is 1. The predicted molar refractivity (Wildman–Crippen MR) is 166 cm³/mol. The largest absolute Gasteiger partial charge is 1.00 e. The Hall–Kier alpha value is -2.19. The summed E-state index contributed by atoms with van der Waals surface area (Å²) in [4.78, 5) is 23.5. The Balaban J connectivity index is 0.00000357. The molecule has 1 atom stereocenters. The molecule has 2 aromatic heterocycles. The Morgan fingerprint density at radius 3 is 2.44 bits per heavy atom. The molecule has 1 aliphatic heterocycles. The van der Waals surface area contributed by atoms with Gasteiger partial charge in [0.05, 0.1) is 30.2 Å². The van der Waals surface area contributed by atoms with Crippen LogP contribution in [0.2, 0.25) is 0 Å². The maximum atomic E-state index is 14.3. The molecule has 0 spiro atoms. The van der Waals surface area contributed by atoms with Crippen molar-refractivity contribution in [2.45, 2.75) is 88.9 Å². The topological polar surface area (TPSA) is 123 Å². The number of hydrogen-bond donors (Lipinski definition) is 3. The smallest absolute Gasteiger partial charge is 0.387 e. The van der Waals surface area contributed by atoms with Gasteiger partial charge in [0.1, 0.15) is 5.65 Å². The Labute approximate surface area is 304 Å². The number of aliphatic imine (C=N–C) groups is 1. The van der Waals surface area contributed by atoms with Gasteiger partial charge in [-0.15, -0.1) is 0 Å². The SMILES string of the molecule is CCCc1c(Cc2ccc(-c3ccccc3C3=NC(O)ON3)cc2)c(=O)n(C2CCC(OCC3(O)CC3)CC2)c2ccnn12.[K+]. The van der Waals surface area contributed by atoms with Gasteiger partial charge in [-0.2, -0.15) is 5.10 Å². The summed E-state index contributed by atoms with van der Waals surface area (Å²) in [6, 6.07) is 18.1. The van der Waals surface area contributed by atoms with Crippen LogP contribution >= 0.6 is 0 Å². The third-order valence-corrected chi connectivity index (χ3v) is 9.19. The van der Waals surface area contributed by atoms with E-state index in [1.807, 2.05) is 39.4 Å². The van der Waals surface area contributed by atoms with Gasteiger partial charge in [-0.25, -0.2) is 19.8 Å². The number of rotatable bonds is 10. The second kappa shape index (κ2) is 13.9. The minimum atomic E-state index is -1.22. The third-order valence-electron chi connectivity index (χ3n) is 9.19. The first-order chi connectivity index (χ1) is 21.4. The molecule has 2 aliphatic carbocycles. The number of amidine groups is 1. The van der Waals surface area contributed by atoms with Crippen LogP contribution in [0.15, 0.2) is 70.6 Å². The normalized spacial score (nSPS) is 22.1. The zero-order valence-electron chi connectivity index (χ0n) is 26.0. The van der Waals surface area contributed by atoms with Crippen LogP contribution in [-0.2, 0) is 22.4 Å². The first-order valence-electron chi connectivity index (χ1n) is 15.7. The number of benzene rings is 2. The van der Waals surface area contributed by atoms with Crippen LogP contribution < -0.4 is 62.4 Å². The summed E-state index contributed by atoms with van der Waals surface area (Å²) in [6.07, 6.45) is 7.98. The molecule has 230 valence electrons. The van der Waals surface area contributed by atoms with Crippen LogP contribution in [0.4, 0.5) is 0 Å². The van der Waals surface area contributed by atoms with E-state index < -0.39 is 12.0 Å². The Morgan fingerprint density at radius 1 is 1.04 bits per heavy atom. The van der Waals surface area contributed by atoms with Gasteiger partial charge in [0.2, 0.25) is 0 Å². The second-order valence-electron chi connectivity index (χ2n) is 12.4. The fourth-order valence-corrected chi connectivity index (χ4v) is 6.59. The van der Waals surface area contributed by atoms with Crippen LogP contribution in [0.25, 0.3) is 16.8 Å². The van der Waals surface area contributed by atoms with Gasteiger partial charge >= 0.3 is 51.4 Å². The molecular weight excluding hydrogens is 598 g/mol. The molecule has 0 amide bonds. The summed E-state index contributed by atoms with van der Waals surface area (Å²) in [5.41, 5.74) is 8.61. The molecule has 3 aliphatic rings. The summed E-state index contributed by atoms with van der Waals surface area (Å²) in [5.74, 6) is 0.482. The van der Waals surface area contributed by atoms with Crippen LogP contribution in [0.5, 0.6) is 0 Å².